The zero-order chi connectivity index (χ0) is 14.9. The SMILES string of the molecule is S=C(NCCCSCc1ccco1)Nc1cccc(Cl)c1. The molecule has 0 spiro atoms. The Hall–Kier alpha value is -1.17. The normalized spacial score (nSPS) is 10.3. The second-order valence-electron chi connectivity index (χ2n) is 4.38. The minimum absolute atomic E-state index is 0.619. The van der Waals surface area contributed by atoms with Crippen LogP contribution in [-0.4, -0.2) is 17.4 Å². The van der Waals surface area contributed by atoms with Crippen molar-refractivity contribution < 1.29 is 4.42 Å². The molecule has 0 bridgehead atoms. The average molecular weight is 341 g/mol. The van der Waals surface area contributed by atoms with Crippen molar-refractivity contribution in [3.63, 3.8) is 0 Å². The summed E-state index contributed by atoms with van der Waals surface area (Å²) >= 11 is 13.0. The van der Waals surface area contributed by atoms with E-state index >= 15 is 0 Å². The molecule has 112 valence electrons. The van der Waals surface area contributed by atoms with Crippen LogP contribution in [0.3, 0.4) is 0 Å². The Morgan fingerprint density at radius 2 is 2.19 bits per heavy atom. The van der Waals surface area contributed by atoms with Crippen molar-refractivity contribution in [1.29, 1.82) is 0 Å². The fraction of sp³-hybridized carbons (Fsp3) is 0.267. The Bertz CT molecular complexity index is 561. The van der Waals surface area contributed by atoms with Gasteiger partial charge in [-0.05, 0) is 54.7 Å². The van der Waals surface area contributed by atoms with Gasteiger partial charge in [0.25, 0.3) is 0 Å². The molecule has 0 aliphatic heterocycles. The van der Waals surface area contributed by atoms with Crippen molar-refractivity contribution in [2.75, 3.05) is 17.6 Å². The van der Waals surface area contributed by atoms with E-state index in [4.69, 9.17) is 28.2 Å². The first kappa shape index (κ1) is 16.2. The summed E-state index contributed by atoms with van der Waals surface area (Å²) in [5.74, 6) is 3.00. The van der Waals surface area contributed by atoms with Gasteiger partial charge < -0.3 is 15.1 Å². The number of anilines is 1. The molecule has 0 unspecified atom stereocenters. The summed E-state index contributed by atoms with van der Waals surface area (Å²) in [6, 6.07) is 11.4. The van der Waals surface area contributed by atoms with Crippen LogP contribution in [0.2, 0.25) is 5.02 Å². The van der Waals surface area contributed by atoms with Crippen molar-refractivity contribution in [2.45, 2.75) is 12.2 Å². The van der Waals surface area contributed by atoms with E-state index in [0.717, 1.165) is 35.9 Å². The lowest BCUT2D eigenvalue weighted by atomic mass is 10.3. The first-order chi connectivity index (χ1) is 10.2. The van der Waals surface area contributed by atoms with Crippen molar-refractivity contribution in [3.05, 3.63) is 53.4 Å². The minimum Gasteiger partial charge on any atom is -0.468 e. The fourth-order valence-corrected chi connectivity index (χ4v) is 2.95. The highest BCUT2D eigenvalue weighted by Gasteiger charge is 1.99. The van der Waals surface area contributed by atoms with Crippen molar-refractivity contribution >= 4 is 46.4 Å². The highest BCUT2D eigenvalue weighted by Crippen LogP contribution is 2.15. The highest BCUT2D eigenvalue weighted by molar-refractivity contribution is 7.98. The van der Waals surface area contributed by atoms with E-state index in [1.54, 1.807) is 6.26 Å². The molecule has 6 heteroatoms. The van der Waals surface area contributed by atoms with Gasteiger partial charge in [0.1, 0.15) is 5.76 Å². The summed E-state index contributed by atoms with van der Waals surface area (Å²) in [5.41, 5.74) is 0.896. The van der Waals surface area contributed by atoms with Crippen LogP contribution in [0.25, 0.3) is 0 Å². The third-order valence-corrected chi connectivity index (χ3v) is 4.21. The molecular formula is C15H17ClN2OS2. The van der Waals surface area contributed by atoms with E-state index in [-0.39, 0.29) is 0 Å². The Balaban J connectivity index is 1.55. The van der Waals surface area contributed by atoms with Crippen molar-refractivity contribution in [3.8, 4) is 0 Å². The number of halogens is 1. The number of furan rings is 1. The average Bonchev–Trinajstić information content (AvgIpc) is 2.96. The van der Waals surface area contributed by atoms with Gasteiger partial charge in [0.05, 0.1) is 12.0 Å². The van der Waals surface area contributed by atoms with E-state index in [9.17, 15) is 0 Å². The molecule has 0 saturated carbocycles. The summed E-state index contributed by atoms with van der Waals surface area (Å²) in [6.07, 6.45) is 2.75. The van der Waals surface area contributed by atoms with Gasteiger partial charge in [-0.2, -0.15) is 11.8 Å². The Kier molecular flexibility index (Phi) is 6.92. The van der Waals surface area contributed by atoms with Gasteiger partial charge in [-0.15, -0.1) is 0 Å². The molecule has 0 amide bonds. The molecule has 0 fully saturated rings. The van der Waals surface area contributed by atoms with Crippen molar-refractivity contribution in [2.24, 2.45) is 0 Å². The van der Waals surface area contributed by atoms with Gasteiger partial charge in [0.15, 0.2) is 5.11 Å². The predicted octanol–water partition coefficient (Wildman–Crippen LogP) is 4.54. The van der Waals surface area contributed by atoms with Crippen molar-refractivity contribution in [1.82, 2.24) is 5.32 Å². The largest absolute Gasteiger partial charge is 0.468 e. The topological polar surface area (TPSA) is 37.2 Å². The molecular weight excluding hydrogens is 324 g/mol. The summed E-state index contributed by atoms with van der Waals surface area (Å²) < 4.78 is 5.28. The Labute approximate surface area is 139 Å². The number of thioether (sulfide) groups is 1. The number of hydrogen-bond acceptors (Lipinski definition) is 3. The molecule has 1 aromatic heterocycles. The lowest BCUT2D eigenvalue weighted by Gasteiger charge is -2.10. The van der Waals surface area contributed by atoms with Crippen LogP contribution in [0.5, 0.6) is 0 Å². The molecule has 2 rings (SSSR count). The van der Waals surface area contributed by atoms with Gasteiger partial charge in [0.2, 0.25) is 0 Å². The molecule has 3 nitrogen and oxygen atoms in total. The van der Waals surface area contributed by atoms with Gasteiger partial charge >= 0.3 is 0 Å². The second kappa shape index (κ2) is 8.97. The Morgan fingerprint density at radius 3 is 2.95 bits per heavy atom. The third-order valence-electron chi connectivity index (χ3n) is 2.66. The molecule has 0 aliphatic rings. The number of nitrogens with one attached hydrogen (secondary N) is 2. The standard InChI is InChI=1S/C15H17ClN2OS2/c16-12-4-1-5-13(10-12)18-15(20)17-7-3-9-21-11-14-6-2-8-19-14/h1-2,4-6,8,10H,3,7,9,11H2,(H2,17,18,20). The van der Waals surface area contributed by atoms with Gasteiger partial charge in [-0.25, -0.2) is 0 Å². The zero-order valence-corrected chi connectivity index (χ0v) is 13.9. The van der Waals surface area contributed by atoms with Crippen LogP contribution in [0, 0.1) is 0 Å². The number of thiocarbonyl (C=S) groups is 1. The van der Waals surface area contributed by atoms with Crippen LogP contribution in [0.4, 0.5) is 5.69 Å². The zero-order valence-electron chi connectivity index (χ0n) is 11.5. The summed E-state index contributed by atoms with van der Waals surface area (Å²) in [4.78, 5) is 0. The first-order valence-electron chi connectivity index (χ1n) is 6.64. The van der Waals surface area contributed by atoms with E-state index in [1.807, 2.05) is 48.2 Å². The second-order valence-corrected chi connectivity index (χ2v) is 6.33. The molecule has 0 radical (unpaired) electrons. The first-order valence-corrected chi connectivity index (χ1v) is 8.59. The minimum atomic E-state index is 0.619. The van der Waals surface area contributed by atoms with E-state index < -0.39 is 0 Å². The van der Waals surface area contributed by atoms with Crippen LogP contribution >= 0.6 is 35.6 Å². The molecule has 0 saturated heterocycles. The molecule has 21 heavy (non-hydrogen) atoms. The van der Waals surface area contributed by atoms with Crippen LogP contribution in [-0.2, 0) is 5.75 Å². The lowest BCUT2D eigenvalue weighted by Crippen LogP contribution is -2.29. The Morgan fingerprint density at radius 1 is 1.29 bits per heavy atom. The van der Waals surface area contributed by atoms with Crippen LogP contribution in [0.1, 0.15) is 12.2 Å². The van der Waals surface area contributed by atoms with Gasteiger partial charge in [0, 0.05) is 17.3 Å². The smallest absolute Gasteiger partial charge is 0.170 e. The molecule has 0 aliphatic carbocycles. The number of rotatable bonds is 7. The maximum Gasteiger partial charge on any atom is 0.170 e. The van der Waals surface area contributed by atoms with E-state index in [0.29, 0.717) is 10.1 Å². The van der Waals surface area contributed by atoms with E-state index in [2.05, 4.69) is 10.6 Å². The lowest BCUT2D eigenvalue weighted by molar-refractivity contribution is 0.530. The fourth-order valence-electron chi connectivity index (χ4n) is 1.69. The highest BCUT2D eigenvalue weighted by atomic mass is 35.5. The van der Waals surface area contributed by atoms with Gasteiger partial charge in [-0.1, -0.05) is 17.7 Å². The molecule has 1 aromatic carbocycles. The quantitative estimate of drug-likeness (QED) is 0.571. The molecule has 1 heterocycles. The third kappa shape index (κ3) is 6.42. The monoisotopic (exact) mass is 340 g/mol. The molecule has 0 atom stereocenters. The maximum atomic E-state index is 5.92. The predicted molar refractivity (Wildman–Crippen MR) is 95.2 cm³/mol. The maximum absolute atomic E-state index is 5.92. The number of hydrogen-bond donors (Lipinski definition) is 2. The summed E-state index contributed by atoms with van der Waals surface area (Å²) in [6.45, 7) is 0.845. The molecule has 2 aromatic rings. The van der Waals surface area contributed by atoms with Crippen LogP contribution in [0.15, 0.2) is 47.1 Å². The number of benzene rings is 1. The van der Waals surface area contributed by atoms with Crippen LogP contribution < -0.4 is 10.6 Å². The van der Waals surface area contributed by atoms with E-state index in [1.165, 1.54) is 0 Å². The molecule has 2 N–H and O–H groups in total. The van der Waals surface area contributed by atoms with Gasteiger partial charge in [-0.3, -0.25) is 0 Å². The summed E-state index contributed by atoms with van der Waals surface area (Å²) in [5, 5.41) is 7.61. The summed E-state index contributed by atoms with van der Waals surface area (Å²) in [7, 11) is 0.